The Hall–Kier alpha value is -0.770. The minimum absolute atomic E-state index is 0.161. The van der Waals surface area contributed by atoms with Gasteiger partial charge in [0.15, 0.2) is 0 Å². The van der Waals surface area contributed by atoms with Gasteiger partial charge in [0.2, 0.25) is 0 Å². The Morgan fingerprint density at radius 3 is 2.71 bits per heavy atom. The monoisotopic (exact) mass is 254 g/mol. The van der Waals surface area contributed by atoms with E-state index in [1.54, 1.807) is 7.11 Å². The number of nitrogens with two attached hydrogens (primary N) is 1. The van der Waals surface area contributed by atoms with Crippen LogP contribution >= 0.6 is 11.6 Å². The molecule has 3 nitrogen and oxygen atoms in total. The molecule has 1 aliphatic rings. The van der Waals surface area contributed by atoms with Gasteiger partial charge in [-0.05, 0) is 42.4 Å². The molecule has 0 heterocycles. The Kier molecular flexibility index (Phi) is 3.92. The molecule has 0 aliphatic heterocycles. The number of rotatable bonds is 5. The number of hydrogen-bond acceptors (Lipinski definition) is 3. The summed E-state index contributed by atoms with van der Waals surface area (Å²) in [6.45, 7) is 2.24. The highest BCUT2D eigenvalue weighted by molar-refractivity contribution is 6.32. The van der Waals surface area contributed by atoms with Gasteiger partial charge in [0.25, 0.3) is 0 Å². The molecule has 1 aromatic carbocycles. The van der Waals surface area contributed by atoms with Crippen LogP contribution in [-0.2, 0) is 0 Å². The first-order valence-electron chi connectivity index (χ1n) is 5.97. The van der Waals surface area contributed by atoms with Crippen molar-refractivity contribution in [2.45, 2.75) is 25.8 Å². The van der Waals surface area contributed by atoms with Gasteiger partial charge in [-0.2, -0.15) is 0 Å². The maximum atomic E-state index is 6.02. The van der Waals surface area contributed by atoms with Crippen molar-refractivity contribution in [1.82, 2.24) is 5.43 Å². The second-order valence-electron chi connectivity index (χ2n) is 4.73. The largest absolute Gasteiger partial charge is 0.495 e. The second kappa shape index (κ2) is 5.25. The van der Waals surface area contributed by atoms with Crippen molar-refractivity contribution in [3.8, 4) is 5.75 Å². The highest BCUT2D eigenvalue weighted by Gasteiger charge is 2.33. The van der Waals surface area contributed by atoms with Crippen molar-refractivity contribution >= 4 is 11.6 Å². The van der Waals surface area contributed by atoms with Crippen molar-refractivity contribution in [2.75, 3.05) is 7.11 Å². The van der Waals surface area contributed by atoms with E-state index in [1.807, 2.05) is 18.2 Å². The van der Waals surface area contributed by atoms with E-state index in [9.17, 15) is 0 Å². The van der Waals surface area contributed by atoms with Crippen molar-refractivity contribution in [3.05, 3.63) is 28.8 Å². The van der Waals surface area contributed by atoms with Gasteiger partial charge in [-0.25, -0.2) is 0 Å². The summed E-state index contributed by atoms with van der Waals surface area (Å²) in [5.74, 6) is 7.70. The summed E-state index contributed by atoms with van der Waals surface area (Å²) in [4.78, 5) is 0. The van der Waals surface area contributed by atoms with Crippen LogP contribution in [0.15, 0.2) is 18.2 Å². The summed E-state index contributed by atoms with van der Waals surface area (Å²) in [5, 5.41) is 0.631. The molecule has 94 valence electrons. The fraction of sp³-hybridized carbons (Fsp3) is 0.538. The molecule has 0 amide bonds. The second-order valence-corrected chi connectivity index (χ2v) is 5.14. The maximum Gasteiger partial charge on any atom is 0.137 e. The molecule has 1 aliphatic carbocycles. The van der Waals surface area contributed by atoms with Gasteiger partial charge in [-0.3, -0.25) is 11.3 Å². The lowest BCUT2D eigenvalue weighted by Crippen LogP contribution is -2.33. The molecular weight excluding hydrogens is 236 g/mol. The Morgan fingerprint density at radius 2 is 2.18 bits per heavy atom. The molecule has 17 heavy (non-hydrogen) atoms. The van der Waals surface area contributed by atoms with Gasteiger partial charge in [0, 0.05) is 6.04 Å². The van der Waals surface area contributed by atoms with Crippen LogP contribution < -0.4 is 16.0 Å². The normalized spacial score (nSPS) is 18.8. The highest BCUT2D eigenvalue weighted by Crippen LogP contribution is 2.43. The molecule has 0 saturated heterocycles. The van der Waals surface area contributed by atoms with E-state index in [0.717, 1.165) is 11.5 Å². The molecule has 0 bridgehead atoms. The highest BCUT2D eigenvalue weighted by atomic mass is 35.5. The maximum absolute atomic E-state index is 6.02. The molecule has 1 aromatic rings. The van der Waals surface area contributed by atoms with E-state index >= 15 is 0 Å². The standard InChI is InChI=1S/C13H19ClN2O/c1-8(9-3-4-9)13(16-15)10-5-6-11(14)12(7-10)17-2/h5-9,13,16H,3-4,15H2,1-2H3. The van der Waals surface area contributed by atoms with Gasteiger partial charge < -0.3 is 4.74 Å². The fourth-order valence-corrected chi connectivity index (χ4v) is 2.51. The molecule has 0 spiro atoms. The number of methoxy groups -OCH3 is 1. The lowest BCUT2D eigenvalue weighted by atomic mass is 9.91. The number of ether oxygens (including phenoxy) is 1. The lowest BCUT2D eigenvalue weighted by Gasteiger charge is -2.24. The van der Waals surface area contributed by atoms with E-state index in [-0.39, 0.29) is 6.04 Å². The molecule has 1 saturated carbocycles. The van der Waals surface area contributed by atoms with Crippen LogP contribution in [-0.4, -0.2) is 7.11 Å². The van der Waals surface area contributed by atoms with Crippen LogP contribution in [0.25, 0.3) is 0 Å². The summed E-state index contributed by atoms with van der Waals surface area (Å²) in [6, 6.07) is 5.99. The van der Waals surface area contributed by atoms with Crippen LogP contribution in [0.5, 0.6) is 5.75 Å². The van der Waals surface area contributed by atoms with Crippen molar-refractivity contribution < 1.29 is 4.74 Å². The molecule has 2 atom stereocenters. The Bertz CT molecular complexity index is 393. The molecule has 3 N–H and O–H groups in total. The number of nitrogens with one attached hydrogen (secondary N) is 1. The number of hydrogen-bond donors (Lipinski definition) is 2. The Morgan fingerprint density at radius 1 is 1.47 bits per heavy atom. The number of benzene rings is 1. The first kappa shape index (κ1) is 12.7. The third-order valence-electron chi connectivity index (χ3n) is 3.61. The van der Waals surface area contributed by atoms with Crippen LogP contribution in [0.2, 0.25) is 5.02 Å². The van der Waals surface area contributed by atoms with E-state index in [4.69, 9.17) is 22.2 Å². The molecule has 2 unspecified atom stereocenters. The summed E-state index contributed by atoms with van der Waals surface area (Å²) >= 11 is 6.02. The average molecular weight is 255 g/mol. The zero-order valence-electron chi connectivity index (χ0n) is 10.2. The van der Waals surface area contributed by atoms with Gasteiger partial charge >= 0.3 is 0 Å². The zero-order chi connectivity index (χ0) is 12.4. The quantitative estimate of drug-likeness (QED) is 0.627. The molecule has 4 heteroatoms. The molecule has 0 radical (unpaired) electrons. The first-order valence-corrected chi connectivity index (χ1v) is 6.34. The van der Waals surface area contributed by atoms with Crippen molar-refractivity contribution in [2.24, 2.45) is 17.7 Å². The first-order chi connectivity index (χ1) is 8.17. The molecular formula is C13H19ClN2O. The summed E-state index contributed by atoms with van der Waals surface area (Å²) in [5.41, 5.74) is 4.04. The van der Waals surface area contributed by atoms with E-state index < -0.39 is 0 Å². The number of halogens is 1. The van der Waals surface area contributed by atoms with Crippen molar-refractivity contribution in [1.29, 1.82) is 0 Å². The topological polar surface area (TPSA) is 47.3 Å². The Labute approximate surface area is 107 Å². The third-order valence-corrected chi connectivity index (χ3v) is 3.92. The zero-order valence-corrected chi connectivity index (χ0v) is 11.0. The van der Waals surface area contributed by atoms with Gasteiger partial charge in [0.05, 0.1) is 12.1 Å². The Balaban J connectivity index is 2.23. The van der Waals surface area contributed by atoms with Crippen LogP contribution in [0.1, 0.15) is 31.4 Å². The average Bonchev–Trinajstić information content (AvgIpc) is 3.16. The summed E-state index contributed by atoms with van der Waals surface area (Å²) in [6.07, 6.45) is 2.62. The fourth-order valence-electron chi connectivity index (χ4n) is 2.32. The van der Waals surface area contributed by atoms with Gasteiger partial charge in [-0.1, -0.05) is 24.6 Å². The predicted octanol–water partition coefficient (Wildman–Crippen LogP) is 2.90. The minimum atomic E-state index is 0.161. The predicted molar refractivity (Wildman–Crippen MR) is 70.0 cm³/mol. The summed E-state index contributed by atoms with van der Waals surface area (Å²) < 4.78 is 5.24. The van der Waals surface area contributed by atoms with Crippen LogP contribution in [0.3, 0.4) is 0 Å². The lowest BCUT2D eigenvalue weighted by molar-refractivity contribution is 0.351. The van der Waals surface area contributed by atoms with Crippen LogP contribution in [0.4, 0.5) is 0 Å². The molecule has 2 rings (SSSR count). The SMILES string of the molecule is COc1cc(C(NN)C(C)C2CC2)ccc1Cl. The smallest absolute Gasteiger partial charge is 0.137 e. The van der Waals surface area contributed by atoms with Crippen molar-refractivity contribution in [3.63, 3.8) is 0 Å². The van der Waals surface area contributed by atoms with Gasteiger partial charge in [0.1, 0.15) is 5.75 Å². The minimum Gasteiger partial charge on any atom is -0.495 e. The molecule has 1 fully saturated rings. The van der Waals surface area contributed by atoms with E-state index in [0.29, 0.717) is 16.7 Å². The van der Waals surface area contributed by atoms with Crippen LogP contribution in [0, 0.1) is 11.8 Å². The summed E-state index contributed by atoms with van der Waals surface area (Å²) in [7, 11) is 1.63. The van der Waals surface area contributed by atoms with Gasteiger partial charge in [-0.15, -0.1) is 0 Å². The van der Waals surface area contributed by atoms with E-state index in [1.165, 1.54) is 12.8 Å². The van der Waals surface area contributed by atoms with E-state index in [2.05, 4.69) is 12.3 Å². The molecule has 0 aromatic heterocycles. The third kappa shape index (κ3) is 2.73. The number of hydrazine groups is 1.